The molecule has 1 amide bonds. The summed E-state index contributed by atoms with van der Waals surface area (Å²) in [5.41, 5.74) is 3.81. The molecule has 30 heavy (non-hydrogen) atoms. The lowest BCUT2D eigenvalue weighted by Crippen LogP contribution is -2.12. The molecule has 4 aromatic rings. The van der Waals surface area contributed by atoms with Crippen LogP contribution in [0, 0.1) is 0 Å². The summed E-state index contributed by atoms with van der Waals surface area (Å²) < 4.78 is 5.48. The van der Waals surface area contributed by atoms with E-state index in [0.29, 0.717) is 22.4 Å². The molecule has 2 aromatic heterocycles. The molecule has 0 fully saturated rings. The Morgan fingerprint density at radius 3 is 2.53 bits per heavy atom. The van der Waals surface area contributed by atoms with Crippen LogP contribution >= 0.6 is 11.3 Å². The van der Waals surface area contributed by atoms with Crippen LogP contribution in [0.3, 0.4) is 0 Å². The molecular weight excluding hydrogens is 400 g/mol. The highest BCUT2D eigenvalue weighted by Gasteiger charge is 2.25. The Bertz CT molecular complexity index is 1190. The van der Waals surface area contributed by atoms with Crippen molar-refractivity contribution < 1.29 is 19.2 Å². The van der Waals surface area contributed by atoms with Crippen molar-refractivity contribution in [2.24, 2.45) is 0 Å². The molecule has 0 bridgehead atoms. The van der Waals surface area contributed by atoms with E-state index < -0.39 is 5.97 Å². The second kappa shape index (κ2) is 8.34. The molecule has 2 N–H and O–H groups in total. The highest BCUT2D eigenvalue weighted by molar-refractivity contribution is 7.08. The maximum Gasteiger partial charge on any atom is 0.336 e. The summed E-state index contributed by atoms with van der Waals surface area (Å²) in [6, 6.07) is 15.7. The number of thiophene rings is 1. The van der Waals surface area contributed by atoms with Crippen LogP contribution in [0.15, 0.2) is 69.9 Å². The molecular formula is C23H18N2O4S. The average molecular weight is 418 g/mol. The Morgan fingerprint density at radius 1 is 1.10 bits per heavy atom. The first-order chi connectivity index (χ1) is 14.6. The first-order valence-corrected chi connectivity index (χ1v) is 10.3. The predicted octanol–water partition coefficient (Wildman–Crippen LogP) is 5.58. The third kappa shape index (κ3) is 3.75. The molecule has 0 saturated heterocycles. The summed E-state index contributed by atoms with van der Waals surface area (Å²) in [7, 11) is 0. The number of aromatic nitrogens is 1. The van der Waals surface area contributed by atoms with Gasteiger partial charge in [-0.25, -0.2) is 4.79 Å². The van der Waals surface area contributed by atoms with Gasteiger partial charge in [0, 0.05) is 22.1 Å². The number of carboxylic acids is 1. The van der Waals surface area contributed by atoms with Gasteiger partial charge in [-0.1, -0.05) is 42.4 Å². The number of carbonyl (C=O) groups is 2. The van der Waals surface area contributed by atoms with E-state index in [0.717, 1.165) is 17.5 Å². The maximum absolute atomic E-state index is 12.8. The number of anilines is 1. The number of carbonyl (C=O) groups excluding carboxylic acids is 1. The lowest BCUT2D eigenvalue weighted by atomic mass is 9.97. The molecule has 0 aliphatic heterocycles. The highest BCUT2D eigenvalue weighted by Crippen LogP contribution is 2.40. The Labute approximate surface area is 176 Å². The molecule has 7 heteroatoms. The number of carboxylic acid groups (broad SMARTS) is 1. The zero-order valence-electron chi connectivity index (χ0n) is 16.1. The van der Waals surface area contributed by atoms with Gasteiger partial charge in [0.15, 0.2) is 0 Å². The van der Waals surface area contributed by atoms with Crippen LogP contribution < -0.4 is 5.32 Å². The molecule has 0 saturated carbocycles. The monoisotopic (exact) mass is 418 g/mol. The molecule has 4 rings (SSSR count). The first kappa shape index (κ1) is 19.6. The van der Waals surface area contributed by atoms with E-state index in [9.17, 15) is 14.7 Å². The van der Waals surface area contributed by atoms with Crippen molar-refractivity contribution in [1.29, 1.82) is 0 Å². The number of hydrogen-bond acceptors (Lipinski definition) is 5. The van der Waals surface area contributed by atoms with E-state index in [4.69, 9.17) is 4.52 Å². The number of aryl methyl sites for hydroxylation is 1. The van der Waals surface area contributed by atoms with Gasteiger partial charge in [-0.2, -0.15) is 11.3 Å². The number of nitrogens with zero attached hydrogens (tertiary/aromatic N) is 1. The van der Waals surface area contributed by atoms with Crippen molar-refractivity contribution >= 4 is 29.1 Å². The quantitative estimate of drug-likeness (QED) is 0.426. The van der Waals surface area contributed by atoms with E-state index in [1.54, 1.807) is 30.3 Å². The molecule has 0 aliphatic carbocycles. The zero-order valence-corrected chi connectivity index (χ0v) is 16.9. The fourth-order valence-corrected chi connectivity index (χ4v) is 3.82. The molecule has 0 aliphatic rings. The molecule has 150 valence electrons. The Hall–Kier alpha value is -3.71. The third-order valence-corrected chi connectivity index (χ3v) is 5.45. The van der Waals surface area contributed by atoms with Crippen LogP contribution in [0.4, 0.5) is 5.88 Å². The molecule has 2 aromatic carbocycles. The van der Waals surface area contributed by atoms with Crippen molar-refractivity contribution in [3.63, 3.8) is 0 Å². The van der Waals surface area contributed by atoms with Crippen LogP contribution in [-0.2, 0) is 6.42 Å². The van der Waals surface area contributed by atoms with Crippen LogP contribution in [0.5, 0.6) is 0 Å². The Morgan fingerprint density at radius 2 is 1.87 bits per heavy atom. The van der Waals surface area contributed by atoms with Gasteiger partial charge < -0.3 is 9.63 Å². The summed E-state index contributed by atoms with van der Waals surface area (Å²) in [5.74, 6) is -1.33. The van der Waals surface area contributed by atoms with Gasteiger partial charge in [-0.05, 0) is 41.6 Å². The SMILES string of the molecule is CCc1ccc(C(=O)Nc2onc(-c3ccsc3)c2-c2ccccc2C(=O)O)cc1. The molecule has 0 spiro atoms. The van der Waals surface area contributed by atoms with Crippen LogP contribution in [-0.4, -0.2) is 22.1 Å². The van der Waals surface area contributed by atoms with Gasteiger partial charge in [0.2, 0.25) is 5.88 Å². The fraction of sp³-hybridized carbons (Fsp3) is 0.0870. The minimum Gasteiger partial charge on any atom is -0.478 e. The van der Waals surface area contributed by atoms with Gasteiger partial charge in [-0.3, -0.25) is 10.1 Å². The van der Waals surface area contributed by atoms with Gasteiger partial charge in [0.1, 0.15) is 5.69 Å². The number of rotatable bonds is 6. The van der Waals surface area contributed by atoms with Gasteiger partial charge in [0.05, 0.1) is 11.1 Å². The molecule has 0 atom stereocenters. The summed E-state index contributed by atoms with van der Waals surface area (Å²) in [6.07, 6.45) is 0.879. The summed E-state index contributed by atoms with van der Waals surface area (Å²) >= 11 is 1.49. The summed E-state index contributed by atoms with van der Waals surface area (Å²) in [4.78, 5) is 24.6. The molecule has 6 nitrogen and oxygen atoms in total. The second-order valence-corrected chi connectivity index (χ2v) is 7.38. The third-order valence-electron chi connectivity index (χ3n) is 4.76. The minimum absolute atomic E-state index is 0.0972. The number of nitrogens with one attached hydrogen (secondary N) is 1. The normalized spacial score (nSPS) is 10.7. The number of amides is 1. The zero-order chi connectivity index (χ0) is 21.1. The van der Waals surface area contributed by atoms with E-state index in [2.05, 4.69) is 10.5 Å². The van der Waals surface area contributed by atoms with Crippen LogP contribution in [0.25, 0.3) is 22.4 Å². The summed E-state index contributed by atoms with van der Waals surface area (Å²) in [5, 5.41) is 20.3. The maximum atomic E-state index is 12.8. The van der Waals surface area contributed by atoms with E-state index in [1.165, 1.54) is 17.4 Å². The Balaban J connectivity index is 1.79. The van der Waals surface area contributed by atoms with Crippen molar-refractivity contribution in [2.75, 3.05) is 5.32 Å². The van der Waals surface area contributed by atoms with E-state index in [1.807, 2.05) is 35.9 Å². The molecule has 0 unspecified atom stereocenters. The summed E-state index contributed by atoms with van der Waals surface area (Å²) in [6.45, 7) is 2.04. The van der Waals surface area contributed by atoms with Gasteiger partial charge in [0.25, 0.3) is 5.91 Å². The van der Waals surface area contributed by atoms with Crippen LogP contribution in [0.1, 0.15) is 33.2 Å². The Kier molecular flexibility index (Phi) is 5.45. The van der Waals surface area contributed by atoms with Crippen molar-refractivity contribution in [2.45, 2.75) is 13.3 Å². The number of benzene rings is 2. The lowest BCUT2D eigenvalue weighted by Gasteiger charge is -2.09. The van der Waals surface area contributed by atoms with E-state index >= 15 is 0 Å². The average Bonchev–Trinajstić information content (AvgIpc) is 3.43. The standard InChI is InChI=1S/C23H18N2O4S/c1-2-14-7-9-15(10-8-14)21(26)24-22-19(17-5-3-4-6-18(17)23(27)28)20(25-29-22)16-11-12-30-13-16/h3-13H,2H2,1H3,(H,24,26)(H,27,28). The predicted molar refractivity (Wildman–Crippen MR) is 116 cm³/mol. The smallest absolute Gasteiger partial charge is 0.336 e. The lowest BCUT2D eigenvalue weighted by molar-refractivity contribution is 0.0697. The fourth-order valence-electron chi connectivity index (χ4n) is 3.18. The first-order valence-electron chi connectivity index (χ1n) is 9.33. The van der Waals surface area contributed by atoms with Gasteiger partial charge in [-0.15, -0.1) is 0 Å². The van der Waals surface area contributed by atoms with Crippen molar-refractivity contribution in [3.8, 4) is 22.4 Å². The molecule has 2 heterocycles. The largest absolute Gasteiger partial charge is 0.478 e. The minimum atomic E-state index is -1.07. The van der Waals surface area contributed by atoms with E-state index in [-0.39, 0.29) is 17.4 Å². The molecule has 0 radical (unpaired) electrons. The van der Waals surface area contributed by atoms with Crippen molar-refractivity contribution in [1.82, 2.24) is 5.16 Å². The number of aromatic carboxylic acids is 1. The highest BCUT2D eigenvalue weighted by atomic mass is 32.1. The van der Waals surface area contributed by atoms with Gasteiger partial charge >= 0.3 is 5.97 Å². The number of hydrogen-bond donors (Lipinski definition) is 2. The van der Waals surface area contributed by atoms with Crippen LogP contribution in [0.2, 0.25) is 0 Å². The topological polar surface area (TPSA) is 92.4 Å². The second-order valence-electron chi connectivity index (χ2n) is 6.60. The van der Waals surface area contributed by atoms with Crippen molar-refractivity contribution in [3.05, 3.63) is 82.0 Å².